The fourth-order valence-corrected chi connectivity index (χ4v) is 1.11. The van der Waals surface area contributed by atoms with Crippen LogP contribution in [0.1, 0.15) is 46.0 Å². The van der Waals surface area contributed by atoms with E-state index in [1.807, 2.05) is 6.92 Å². The summed E-state index contributed by atoms with van der Waals surface area (Å²) in [5.74, 6) is -0.220. The van der Waals surface area contributed by atoms with Crippen molar-refractivity contribution in [3.8, 4) is 6.07 Å². The van der Waals surface area contributed by atoms with Crippen molar-refractivity contribution in [2.24, 2.45) is 5.92 Å². The van der Waals surface area contributed by atoms with Gasteiger partial charge in [0.1, 0.15) is 11.7 Å². The number of ketones is 1. The van der Waals surface area contributed by atoms with Gasteiger partial charge >= 0.3 is 0 Å². The first-order valence-electron chi connectivity index (χ1n) is 4.68. The van der Waals surface area contributed by atoms with Gasteiger partial charge in [-0.05, 0) is 12.8 Å². The minimum absolute atomic E-state index is 0.126. The number of hydrogen-bond acceptors (Lipinski definition) is 2. The van der Waals surface area contributed by atoms with E-state index < -0.39 is 0 Å². The Morgan fingerprint density at radius 1 is 1.42 bits per heavy atom. The molecule has 0 aliphatic rings. The Labute approximate surface area is 74.6 Å². The van der Waals surface area contributed by atoms with Crippen LogP contribution in [-0.2, 0) is 4.79 Å². The maximum Gasteiger partial charge on any atom is 0.149 e. The van der Waals surface area contributed by atoms with Crippen molar-refractivity contribution in [1.29, 1.82) is 5.26 Å². The monoisotopic (exact) mass is 167 g/mol. The lowest BCUT2D eigenvalue weighted by molar-refractivity contribution is -0.121. The van der Waals surface area contributed by atoms with Gasteiger partial charge in [0.25, 0.3) is 0 Å². The van der Waals surface area contributed by atoms with E-state index in [0.717, 1.165) is 25.7 Å². The average Bonchev–Trinajstić information content (AvgIpc) is 2.10. The third-order valence-electron chi connectivity index (χ3n) is 1.90. The molecule has 0 radical (unpaired) electrons. The molecule has 0 aliphatic carbocycles. The first kappa shape index (κ1) is 11.2. The minimum Gasteiger partial charge on any atom is -0.298 e. The molecule has 1 unspecified atom stereocenters. The van der Waals surface area contributed by atoms with Gasteiger partial charge in [-0.1, -0.05) is 26.7 Å². The predicted octanol–water partition coefficient (Wildman–Crippen LogP) is 2.69. The zero-order valence-electron chi connectivity index (χ0n) is 7.97. The Morgan fingerprint density at radius 2 is 2.08 bits per heavy atom. The van der Waals surface area contributed by atoms with Crippen LogP contribution in [0.2, 0.25) is 0 Å². The molecule has 1 atom stereocenters. The van der Waals surface area contributed by atoms with Gasteiger partial charge in [0.05, 0.1) is 6.07 Å². The molecule has 68 valence electrons. The molecular weight excluding hydrogens is 150 g/mol. The second-order valence-electron chi connectivity index (χ2n) is 3.04. The summed E-state index contributed by atoms with van der Waals surface area (Å²) in [5.41, 5.74) is 0. The van der Waals surface area contributed by atoms with Crippen LogP contribution < -0.4 is 0 Å². The Kier molecular flexibility index (Phi) is 6.37. The lowest BCUT2D eigenvalue weighted by Gasteiger charge is -2.04. The molecule has 0 saturated carbocycles. The zero-order valence-corrected chi connectivity index (χ0v) is 7.97. The molecule has 2 nitrogen and oxygen atoms in total. The van der Waals surface area contributed by atoms with Gasteiger partial charge in [-0.2, -0.15) is 5.26 Å². The highest BCUT2D eigenvalue weighted by Gasteiger charge is 2.15. The first-order valence-corrected chi connectivity index (χ1v) is 4.68. The molecule has 0 aromatic rings. The molecule has 0 fully saturated rings. The van der Waals surface area contributed by atoms with Crippen molar-refractivity contribution in [2.75, 3.05) is 0 Å². The maximum atomic E-state index is 11.3. The molecule has 0 spiro atoms. The normalized spacial score (nSPS) is 12.1. The lowest BCUT2D eigenvalue weighted by atomic mass is 9.97. The lowest BCUT2D eigenvalue weighted by Crippen LogP contribution is -2.11. The van der Waals surface area contributed by atoms with Crippen LogP contribution in [0.4, 0.5) is 0 Å². The summed E-state index contributed by atoms with van der Waals surface area (Å²) in [5, 5.41) is 8.66. The van der Waals surface area contributed by atoms with Gasteiger partial charge < -0.3 is 0 Å². The Bertz CT molecular complexity index is 169. The van der Waals surface area contributed by atoms with E-state index in [1.54, 1.807) is 0 Å². The van der Waals surface area contributed by atoms with Crippen molar-refractivity contribution < 1.29 is 4.79 Å². The minimum atomic E-state index is -0.346. The first-order chi connectivity index (χ1) is 5.76. The summed E-state index contributed by atoms with van der Waals surface area (Å²) >= 11 is 0. The van der Waals surface area contributed by atoms with Crippen molar-refractivity contribution in [1.82, 2.24) is 0 Å². The van der Waals surface area contributed by atoms with Gasteiger partial charge in [0.15, 0.2) is 0 Å². The van der Waals surface area contributed by atoms with E-state index in [-0.39, 0.29) is 11.7 Å². The molecule has 0 aliphatic heterocycles. The van der Waals surface area contributed by atoms with Gasteiger partial charge in [0.2, 0.25) is 0 Å². The zero-order chi connectivity index (χ0) is 9.40. The maximum absolute atomic E-state index is 11.3. The van der Waals surface area contributed by atoms with Crippen LogP contribution in [0, 0.1) is 17.2 Å². The Hall–Kier alpha value is -0.840. The highest BCUT2D eigenvalue weighted by Crippen LogP contribution is 2.10. The molecule has 0 heterocycles. The molecule has 0 amide bonds. The molecule has 2 heteroatoms. The summed E-state index contributed by atoms with van der Waals surface area (Å²) in [6.07, 6.45) is 4.15. The topological polar surface area (TPSA) is 40.9 Å². The van der Waals surface area contributed by atoms with Crippen LogP contribution in [0.5, 0.6) is 0 Å². The van der Waals surface area contributed by atoms with Crippen LogP contribution in [0.15, 0.2) is 0 Å². The van der Waals surface area contributed by atoms with E-state index in [9.17, 15) is 4.79 Å². The fourth-order valence-electron chi connectivity index (χ4n) is 1.11. The van der Waals surface area contributed by atoms with E-state index in [1.165, 1.54) is 0 Å². The van der Waals surface area contributed by atoms with Crippen LogP contribution >= 0.6 is 0 Å². The Balaban J connectivity index is 3.79. The third-order valence-corrected chi connectivity index (χ3v) is 1.90. The SMILES string of the molecule is CCCCC(=O)C(C#N)CCC. The van der Waals surface area contributed by atoms with Gasteiger partial charge in [-0.25, -0.2) is 0 Å². The highest BCUT2D eigenvalue weighted by atomic mass is 16.1. The molecular formula is C10H17NO. The number of nitrogens with zero attached hydrogens (tertiary/aromatic N) is 1. The number of rotatable bonds is 6. The van der Waals surface area contributed by atoms with E-state index in [4.69, 9.17) is 5.26 Å². The summed E-state index contributed by atoms with van der Waals surface area (Å²) in [6.45, 7) is 4.05. The number of Topliss-reactive ketones (excluding diaryl/α,β-unsaturated/α-hetero) is 1. The van der Waals surface area contributed by atoms with Crippen LogP contribution in [0.3, 0.4) is 0 Å². The molecule has 12 heavy (non-hydrogen) atoms. The summed E-state index contributed by atoms with van der Waals surface area (Å²) in [4.78, 5) is 11.3. The highest BCUT2D eigenvalue weighted by molar-refractivity contribution is 5.83. The predicted molar refractivity (Wildman–Crippen MR) is 48.5 cm³/mol. The smallest absolute Gasteiger partial charge is 0.149 e. The third kappa shape index (κ3) is 4.12. The Morgan fingerprint density at radius 3 is 2.50 bits per heavy atom. The second kappa shape index (κ2) is 6.84. The number of nitriles is 1. The van der Waals surface area contributed by atoms with E-state index in [2.05, 4.69) is 13.0 Å². The van der Waals surface area contributed by atoms with Gasteiger partial charge in [-0.3, -0.25) is 4.79 Å². The molecule has 0 aromatic heterocycles. The number of carbonyl (C=O) groups excluding carboxylic acids is 1. The van der Waals surface area contributed by atoms with Gasteiger partial charge in [-0.15, -0.1) is 0 Å². The van der Waals surface area contributed by atoms with Crippen molar-refractivity contribution >= 4 is 5.78 Å². The van der Waals surface area contributed by atoms with Crippen LogP contribution in [0.25, 0.3) is 0 Å². The van der Waals surface area contributed by atoms with Crippen molar-refractivity contribution in [3.63, 3.8) is 0 Å². The molecule has 0 rings (SSSR count). The average molecular weight is 167 g/mol. The molecule has 0 bridgehead atoms. The molecule has 0 aromatic carbocycles. The van der Waals surface area contributed by atoms with Crippen molar-refractivity contribution in [3.05, 3.63) is 0 Å². The fraction of sp³-hybridized carbons (Fsp3) is 0.800. The summed E-state index contributed by atoms with van der Waals surface area (Å²) in [6, 6.07) is 2.06. The number of carbonyl (C=O) groups is 1. The second-order valence-corrected chi connectivity index (χ2v) is 3.04. The molecule has 0 saturated heterocycles. The van der Waals surface area contributed by atoms with Gasteiger partial charge in [0, 0.05) is 6.42 Å². The largest absolute Gasteiger partial charge is 0.298 e. The molecule has 0 N–H and O–H groups in total. The van der Waals surface area contributed by atoms with Crippen LogP contribution in [-0.4, -0.2) is 5.78 Å². The quantitative estimate of drug-likeness (QED) is 0.610. The summed E-state index contributed by atoms with van der Waals surface area (Å²) in [7, 11) is 0. The summed E-state index contributed by atoms with van der Waals surface area (Å²) < 4.78 is 0. The van der Waals surface area contributed by atoms with Crippen molar-refractivity contribution in [2.45, 2.75) is 46.0 Å². The van der Waals surface area contributed by atoms with E-state index in [0.29, 0.717) is 6.42 Å². The number of hydrogen-bond donors (Lipinski definition) is 0. The van der Waals surface area contributed by atoms with E-state index >= 15 is 0 Å². The standard InChI is InChI=1S/C10H17NO/c1-3-5-7-10(12)9(8-11)6-4-2/h9H,3-7H2,1-2H3. The number of unbranched alkanes of at least 4 members (excludes halogenated alkanes) is 1.